The Labute approximate surface area is 122 Å². The van der Waals surface area contributed by atoms with E-state index in [4.69, 9.17) is 4.74 Å². The quantitative estimate of drug-likeness (QED) is 0.622. The summed E-state index contributed by atoms with van der Waals surface area (Å²) in [6, 6.07) is 6.11. The van der Waals surface area contributed by atoms with Gasteiger partial charge in [0.1, 0.15) is 0 Å². The molecule has 2 rings (SSSR count). The number of ether oxygens (including phenoxy) is 1. The Morgan fingerprint density at radius 1 is 1.50 bits per heavy atom. The van der Waals surface area contributed by atoms with E-state index >= 15 is 0 Å². The lowest BCUT2D eigenvalue weighted by molar-refractivity contribution is -0.385. The molecule has 1 atom stereocenters. The minimum Gasteiger partial charge on any atom is -0.477 e. The van der Waals surface area contributed by atoms with Gasteiger partial charge in [-0.2, -0.15) is 0 Å². The van der Waals surface area contributed by atoms with Gasteiger partial charge in [-0.05, 0) is 19.0 Å². The van der Waals surface area contributed by atoms with E-state index in [0.717, 1.165) is 19.5 Å². The average Bonchev–Trinajstić information content (AvgIpc) is 2.89. The molecule has 1 unspecified atom stereocenters. The highest BCUT2D eigenvalue weighted by molar-refractivity contribution is 5.85. The highest BCUT2D eigenvalue weighted by atomic mass is 35.5. The molecule has 1 aromatic rings. The van der Waals surface area contributed by atoms with Crippen LogP contribution >= 0.6 is 12.4 Å². The molecule has 8 heteroatoms. The summed E-state index contributed by atoms with van der Waals surface area (Å²) in [6.45, 7) is 1.41. The smallest absolute Gasteiger partial charge is 0.310 e. The van der Waals surface area contributed by atoms with Crippen molar-refractivity contribution in [1.29, 1.82) is 0 Å². The Kier molecular flexibility index (Phi) is 6.20. The SMILES string of the molecule is Cl.O=C(COc1ccccc1[N+](=O)[O-])NC1CCNC1. The topological polar surface area (TPSA) is 93.5 Å². The van der Waals surface area contributed by atoms with E-state index in [9.17, 15) is 14.9 Å². The monoisotopic (exact) mass is 301 g/mol. The number of carbonyl (C=O) groups is 1. The van der Waals surface area contributed by atoms with Gasteiger partial charge < -0.3 is 15.4 Å². The van der Waals surface area contributed by atoms with Crippen LogP contribution in [-0.2, 0) is 4.79 Å². The third kappa shape index (κ3) is 4.36. The number of carbonyl (C=O) groups excluding carboxylic acids is 1. The maximum absolute atomic E-state index is 11.6. The summed E-state index contributed by atoms with van der Waals surface area (Å²) < 4.78 is 5.20. The molecule has 0 radical (unpaired) electrons. The summed E-state index contributed by atoms with van der Waals surface area (Å²) in [5, 5.41) is 16.7. The highest BCUT2D eigenvalue weighted by Gasteiger charge is 2.18. The van der Waals surface area contributed by atoms with Crippen molar-refractivity contribution in [2.75, 3.05) is 19.7 Å². The van der Waals surface area contributed by atoms with Crippen molar-refractivity contribution in [2.45, 2.75) is 12.5 Å². The predicted octanol–water partition coefficient (Wildman–Crippen LogP) is 0.874. The second-order valence-electron chi connectivity index (χ2n) is 4.27. The van der Waals surface area contributed by atoms with Gasteiger partial charge in [-0.1, -0.05) is 12.1 Å². The summed E-state index contributed by atoms with van der Waals surface area (Å²) >= 11 is 0. The van der Waals surface area contributed by atoms with Crippen LogP contribution in [0, 0.1) is 10.1 Å². The minimum atomic E-state index is -0.534. The van der Waals surface area contributed by atoms with Crippen LogP contribution in [0.3, 0.4) is 0 Å². The summed E-state index contributed by atoms with van der Waals surface area (Å²) in [7, 11) is 0. The normalized spacial score (nSPS) is 17.1. The van der Waals surface area contributed by atoms with Crippen molar-refractivity contribution in [3.8, 4) is 5.75 Å². The maximum Gasteiger partial charge on any atom is 0.310 e. The lowest BCUT2D eigenvalue weighted by Gasteiger charge is -2.11. The molecule has 1 saturated heterocycles. The van der Waals surface area contributed by atoms with Crippen molar-refractivity contribution in [3.05, 3.63) is 34.4 Å². The number of hydrogen-bond acceptors (Lipinski definition) is 5. The molecule has 1 aliphatic heterocycles. The van der Waals surface area contributed by atoms with Crippen molar-refractivity contribution in [2.24, 2.45) is 0 Å². The number of nitrogens with one attached hydrogen (secondary N) is 2. The molecule has 1 heterocycles. The molecule has 2 N–H and O–H groups in total. The zero-order chi connectivity index (χ0) is 13.7. The lowest BCUT2D eigenvalue weighted by atomic mass is 10.2. The van der Waals surface area contributed by atoms with E-state index < -0.39 is 4.92 Å². The molecule has 1 fully saturated rings. The van der Waals surface area contributed by atoms with Crippen LogP contribution in [0.4, 0.5) is 5.69 Å². The maximum atomic E-state index is 11.6. The molecule has 0 bridgehead atoms. The molecule has 1 aromatic carbocycles. The third-order valence-corrected chi connectivity index (χ3v) is 2.85. The number of hydrogen-bond donors (Lipinski definition) is 2. The van der Waals surface area contributed by atoms with Gasteiger partial charge in [0.15, 0.2) is 12.4 Å². The molecule has 110 valence electrons. The van der Waals surface area contributed by atoms with Crippen molar-refractivity contribution < 1.29 is 14.5 Å². The Morgan fingerprint density at radius 2 is 2.25 bits per heavy atom. The van der Waals surface area contributed by atoms with Gasteiger partial charge in [-0.15, -0.1) is 12.4 Å². The average molecular weight is 302 g/mol. The van der Waals surface area contributed by atoms with Gasteiger partial charge in [0.2, 0.25) is 0 Å². The fourth-order valence-electron chi connectivity index (χ4n) is 1.92. The van der Waals surface area contributed by atoms with Crippen LogP contribution in [0.25, 0.3) is 0 Å². The van der Waals surface area contributed by atoms with Crippen LogP contribution in [0.2, 0.25) is 0 Å². The molecule has 1 aliphatic rings. The number of nitro groups is 1. The number of nitro benzene ring substituents is 1. The van der Waals surface area contributed by atoms with E-state index in [2.05, 4.69) is 10.6 Å². The fourth-order valence-corrected chi connectivity index (χ4v) is 1.92. The molecule has 0 spiro atoms. The van der Waals surface area contributed by atoms with E-state index in [1.165, 1.54) is 12.1 Å². The molecule has 7 nitrogen and oxygen atoms in total. The molecule has 1 amide bonds. The fraction of sp³-hybridized carbons (Fsp3) is 0.417. The summed E-state index contributed by atoms with van der Waals surface area (Å²) in [4.78, 5) is 21.8. The second-order valence-corrected chi connectivity index (χ2v) is 4.27. The first-order chi connectivity index (χ1) is 9.16. The van der Waals surface area contributed by atoms with Crippen LogP contribution in [0.15, 0.2) is 24.3 Å². The Balaban J connectivity index is 0.00000200. The Bertz CT molecular complexity index is 478. The molecule has 0 aliphatic carbocycles. The molecular weight excluding hydrogens is 286 g/mol. The van der Waals surface area contributed by atoms with Crippen LogP contribution < -0.4 is 15.4 Å². The second kappa shape index (κ2) is 7.66. The van der Waals surface area contributed by atoms with Gasteiger partial charge in [0.05, 0.1) is 4.92 Å². The molecule has 0 saturated carbocycles. The highest BCUT2D eigenvalue weighted by Crippen LogP contribution is 2.25. The van der Waals surface area contributed by atoms with Crippen molar-refractivity contribution in [3.63, 3.8) is 0 Å². The minimum absolute atomic E-state index is 0. The predicted molar refractivity (Wildman–Crippen MR) is 75.3 cm³/mol. The van der Waals surface area contributed by atoms with Crippen LogP contribution in [0.5, 0.6) is 5.75 Å². The van der Waals surface area contributed by atoms with E-state index in [1.807, 2.05) is 0 Å². The lowest BCUT2D eigenvalue weighted by Crippen LogP contribution is -2.39. The molecular formula is C12H16ClN3O4. The molecule has 20 heavy (non-hydrogen) atoms. The Morgan fingerprint density at radius 3 is 2.90 bits per heavy atom. The zero-order valence-corrected chi connectivity index (χ0v) is 11.5. The van der Waals surface area contributed by atoms with Gasteiger partial charge in [-0.25, -0.2) is 0 Å². The summed E-state index contributed by atoms with van der Waals surface area (Å²) in [6.07, 6.45) is 0.886. The largest absolute Gasteiger partial charge is 0.477 e. The van der Waals surface area contributed by atoms with Gasteiger partial charge in [0.25, 0.3) is 5.91 Å². The zero-order valence-electron chi connectivity index (χ0n) is 10.7. The van der Waals surface area contributed by atoms with Gasteiger partial charge in [0, 0.05) is 18.7 Å². The first kappa shape index (κ1) is 16.2. The van der Waals surface area contributed by atoms with Crippen LogP contribution in [0.1, 0.15) is 6.42 Å². The Hall–Kier alpha value is -1.86. The van der Waals surface area contributed by atoms with Crippen molar-refractivity contribution >= 4 is 24.0 Å². The van der Waals surface area contributed by atoms with E-state index in [-0.39, 0.29) is 42.4 Å². The molecule has 0 aromatic heterocycles. The van der Waals surface area contributed by atoms with Crippen molar-refractivity contribution in [1.82, 2.24) is 10.6 Å². The standard InChI is InChI=1S/C12H15N3O4.ClH/c16-12(14-9-5-6-13-7-9)8-19-11-4-2-1-3-10(11)15(17)18;/h1-4,9,13H,5-8H2,(H,14,16);1H. The van der Waals surface area contributed by atoms with E-state index in [1.54, 1.807) is 12.1 Å². The first-order valence-corrected chi connectivity index (χ1v) is 6.03. The van der Waals surface area contributed by atoms with Gasteiger partial charge in [-0.3, -0.25) is 14.9 Å². The van der Waals surface area contributed by atoms with Gasteiger partial charge >= 0.3 is 5.69 Å². The number of amides is 1. The van der Waals surface area contributed by atoms with E-state index in [0.29, 0.717) is 0 Å². The number of rotatable bonds is 5. The van der Waals surface area contributed by atoms with Crippen LogP contribution in [-0.4, -0.2) is 36.6 Å². The number of halogens is 1. The number of nitrogens with zero attached hydrogens (tertiary/aromatic N) is 1. The third-order valence-electron chi connectivity index (χ3n) is 2.85. The first-order valence-electron chi connectivity index (χ1n) is 6.03. The summed E-state index contributed by atoms with van der Waals surface area (Å²) in [5.41, 5.74) is -0.141. The number of benzene rings is 1. The summed E-state index contributed by atoms with van der Waals surface area (Å²) in [5.74, 6) is -0.168. The number of para-hydroxylation sites is 2.